The minimum Gasteiger partial charge on any atom is -0.309 e. The molecule has 0 aliphatic heterocycles. The Kier molecular flexibility index (Phi) is 4.58. The van der Waals surface area contributed by atoms with Crippen molar-refractivity contribution in [2.24, 2.45) is 0 Å². The molecule has 2 rings (SSSR count). The average molecular weight is 228 g/mol. The van der Waals surface area contributed by atoms with Gasteiger partial charge in [0, 0.05) is 18.7 Å². The van der Waals surface area contributed by atoms with Gasteiger partial charge in [0.25, 0.3) is 0 Å². The van der Waals surface area contributed by atoms with Crippen molar-refractivity contribution in [2.75, 3.05) is 6.54 Å². The number of terminal acetylenes is 1. The fourth-order valence-electron chi connectivity index (χ4n) is 2.44. The lowest BCUT2D eigenvalue weighted by Crippen LogP contribution is -2.27. The van der Waals surface area contributed by atoms with Crippen LogP contribution >= 0.6 is 0 Å². The number of hydrogen-bond acceptors (Lipinski definition) is 2. The first-order valence-electron chi connectivity index (χ1n) is 6.52. The molecule has 17 heavy (non-hydrogen) atoms. The molecule has 0 saturated heterocycles. The summed E-state index contributed by atoms with van der Waals surface area (Å²) in [6.45, 7) is 1.04. The molecule has 1 aromatic rings. The van der Waals surface area contributed by atoms with E-state index in [0.717, 1.165) is 25.8 Å². The Morgan fingerprint density at radius 1 is 1.47 bits per heavy atom. The largest absolute Gasteiger partial charge is 0.309 e. The van der Waals surface area contributed by atoms with Crippen LogP contribution in [-0.4, -0.2) is 11.5 Å². The van der Waals surface area contributed by atoms with E-state index in [1.807, 2.05) is 12.3 Å². The highest BCUT2D eigenvalue weighted by molar-refractivity contribution is 5.25. The minimum absolute atomic E-state index is 0.450. The maximum Gasteiger partial charge on any atom is 0.0605 e. The molecule has 0 aromatic carbocycles. The molecule has 0 radical (unpaired) electrons. The van der Waals surface area contributed by atoms with Crippen molar-refractivity contribution < 1.29 is 0 Å². The summed E-state index contributed by atoms with van der Waals surface area (Å²) in [6.07, 6.45) is 13.9. The lowest BCUT2D eigenvalue weighted by molar-refractivity contribution is 0.442. The zero-order chi connectivity index (χ0) is 11.9. The van der Waals surface area contributed by atoms with Gasteiger partial charge >= 0.3 is 0 Å². The molecule has 1 aromatic heterocycles. The van der Waals surface area contributed by atoms with Crippen molar-refractivity contribution in [1.29, 1.82) is 0 Å². The van der Waals surface area contributed by atoms with Gasteiger partial charge in [-0.3, -0.25) is 4.98 Å². The van der Waals surface area contributed by atoms with Gasteiger partial charge in [0.1, 0.15) is 0 Å². The van der Waals surface area contributed by atoms with Crippen LogP contribution in [0.15, 0.2) is 18.3 Å². The zero-order valence-electron chi connectivity index (χ0n) is 10.3. The Labute approximate surface area is 104 Å². The minimum atomic E-state index is 0.450. The molecule has 0 amide bonds. The molecule has 90 valence electrons. The summed E-state index contributed by atoms with van der Waals surface area (Å²) in [5.41, 5.74) is 2.68. The zero-order valence-corrected chi connectivity index (χ0v) is 10.3. The van der Waals surface area contributed by atoms with E-state index < -0.39 is 0 Å². The van der Waals surface area contributed by atoms with Crippen molar-refractivity contribution in [3.05, 3.63) is 29.6 Å². The highest BCUT2D eigenvalue weighted by atomic mass is 14.9. The first-order valence-corrected chi connectivity index (χ1v) is 6.52. The maximum atomic E-state index is 5.24. The smallest absolute Gasteiger partial charge is 0.0605 e. The molecule has 2 nitrogen and oxygen atoms in total. The molecule has 1 N–H and O–H groups in total. The second-order valence-electron chi connectivity index (χ2n) is 4.61. The Balaban J connectivity index is 1.84. The van der Waals surface area contributed by atoms with Gasteiger partial charge in [0.15, 0.2) is 0 Å². The summed E-state index contributed by atoms with van der Waals surface area (Å²) in [4.78, 5) is 4.52. The number of aryl methyl sites for hydroxylation is 1. The first-order chi connectivity index (χ1) is 8.42. The van der Waals surface area contributed by atoms with E-state index in [-0.39, 0.29) is 0 Å². The van der Waals surface area contributed by atoms with Gasteiger partial charge in [0.05, 0.1) is 5.69 Å². The first kappa shape index (κ1) is 12.1. The van der Waals surface area contributed by atoms with Gasteiger partial charge < -0.3 is 5.32 Å². The highest BCUT2D eigenvalue weighted by Crippen LogP contribution is 2.27. The van der Waals surface area contributed by atoms with Gasteiger partial charge in [-0.1, -0.05) is 6.07 Å². The molecule has 1 aliphatic carbocycles. The van der Waals surface area contributed by atoms with Crippen LogP contribution in [0.2, 0.25) is 0 Å². The van der Waals surface area contributed by atoms with E-state index in [9.17, 15) is 0 Å². The number of pyridine rings is 1. The van der Waals surface area contributed by atoms with Crippen LogP contribution in [0.1, 0.15) is 49.4 Å². The second-order valence-corrected chi connectivity index (χ2v) is 4.61. The number of rotatable bonds is 5. The summed E-state index contributed by atoms with van der Waals surface area (Å²) in [6, 6.07) is 4.69. The molecule has 1 atom stereocenters. The van der Waals surface area contributed by atoms with Gasteiger partial charge in [-0.2, -0.15) is 0 Å². The average Bonchev–Trinajstić information content (AvgIpc) is 2.39. The van der Waals surface area contributed by atoms with E-state index in [1.54, 1.807) is 0 Å². The number of aromatic nitrogens is 1. The Hall–Kier alpha value is -1.33. The van der Waals surface area contributed by atoms with Crippen molar-refractivity contribution in [1.82, 2.24) is 10.3 Å². The van der Waals surface area contributed by atoms with Crippen molar-refractivity contribution >= 4 is 0 Å². The number of hydrogen-bond donors (Lipinski definition) is 1. The Morgan fingerprint density at radius 2 is 2.41 bits per heavy atom. The number of fused-ring (bicyclic) bond motifs is 1. The summed E-state index contributed by atoms with van der Waals surface area (Å²) in [7, 11) is 0. The van der Waals surface area contributed by atoms with E-state index in [2.05, 4.69) is 22.3 Å². The van der Waals surface area contributed by atoms with Crippen molar-refractivity contribution in [3.63, 3.8) is 0 Å². The predicted octanol–water partition coefficient (Wildman–Crippen LogP) is 2.85. The van der Waals surface area contributed by atoms with Crippen LogP contribution in [0.4, 0.5) is 0 Å². The molecule has 1 aliphatic rings. The van der Waals surface area contributed by atoms with E-state index in [0.29, 0.717) is 6.04 Å². The fraction of sp³-hybridized carbons (Fsp3) is 0.533. The monoisotopic (exact) mass is 228 g/mol. The molecular formula is C15H20N2. The Bertz CT molecular complexity index is 392. The summed E-state index contributed by atoms with van der Waals surface area (Å²) >= 11 is 0. The van der Waals surface area contributed by atoms with Crippen LogP contribution in [0.25, 0.3) is 0 Å². The molecule has 1 unspecified atom stereocenters. The van der Waals surface area contributed by atoms with Gasteiger partial charge in [0.2, 0.25) is 0 Å². The van der Waals surface area contributed by atoms with E-state index >= 15 is 0 Å². The van der Waals surface area contributed by atoms with E-state index in [1.165, 1.54) is 30.5 Å². The normalized spacial score (nSPS) is 18.4. The van der Waals surface area contributed by atoms with Gasteiger partial charge in [-0.25, -0.2) is 0 Å². The quantitative estimate of drug-likeness (QED) is 0.619. The van der Waals surface area contributed by atoms with Crippen LogP contribution in [0.3, 0.4) is 0 Å². The van der Waals surface area contributed by atoms with Crippen molar-refractivity contribution in [2.45, 2.75) is 44.6 Å². The molecule has 0 saturated carbocycles. The number of nitrogens with one attached hydrogen (secondary N) is 1. The SMILES string of the molecule is C#CCCCCNC1CCCc2cccnc21. The van der Waals surface area contributed by atoms with Crippen LogP contribution in [0, 0.1) is 12.3 Å². The Morgan fingerprint density at radius 3 is 3.29 bits per heavy atom. The maximum absolute atomic E-state index is 5.24. The van der Waals surface area contributed by atoms with E-state index in [4.69, 9.17) is 6.42 Å². The lowest BCUT2D eigenvalue weighted by Gasteiger charge is -2.25. The second kappa shape index (κ2) is 6.42. The third-order valence-corrected chi connectivity index (χ3v) is 3.33. The lowest BCUT2D eigenvalue weighted by atomic mass is 9.92. The fourth-order valence-corrected chi connectivity index (χ4v) is 2.44. The molecule has 0 spiro atoms. The standard InChI is InChI=1S/C15H20N2/c1-2-3-4-5-11-16-14-10-6-8-13-9-7-12-17-15(13)14/h1,7,9,12,14,16H,3-6,8,10-11H2. The van der Waals surface area contributed by atoms with Gasteiger partial charge in [-0.05, 0) is 50.3 Å². The summed E-state index contributed by atoms with van der Waals surface area (Å²) in [5.74, 6) is 2.68. The topological polar surface area (TPSA) is 24.9 Å². The molecular weight excluding hydrogens is 208 g/mol. The third kappa shape index (κ3) is 3.31. The van der Waals surface area contributed by atoms with Crippen molar-refractivity contribution in [3.8, 4) is 12.3 Å². The summed E-state index contributed by atoms with van der Waals surface area (Å²) < 4.78 is 0. The van der Waals surface area contributed by atoms with Crippen LogP contribution in [-0.2, 0) is 6.42 Å². The molecule has 2 heteroatoms. The molecule has 0 bridgehead atoms. The highest BCUT2D eigenvalue weighted by Gasteiger charge is 2.19. The summed E-state index contributed by atoms with van der Waals surface area (Å²) in [5, 5.41) is 3.61. The van der Waals surface area contributed by atoms with Crippen LogP contribution in [0.5, 0.6) is 0 Å². The van der Waals surface area contributed by atoms with Gasteiger partial charge in [-0.15, -0.1) is 12.3 Å². The molecule has 0 fully saturated rings. The number of nitrogens with zero attached hydrogens (tertiary/aromatic N) is 1. The third-order valence-electron chi connectivity index (χ3n) is 3.33. The molecule has 1 heterocycles. The number of unbranched alkanes of at least 4 members (excludes halogenated alkanes) is 2. The predicted molar refractivity (Wildman–Crippen MR) is 70.6 cm³/mol. The van der Waals surface area contributed by atoms with Crippen LogP contribution < -0.4 is 5.32 Å².